The Bertz CT molecular complexity index is 976. The number of nitrogens with zero attached hydrogens (tertiary/aromatic N) is 3. The van der Waals surface area contributed by atoms with E-state index in [1.54, 1.807) is 42.6 Å². The number of oxazole rings is 1. The fourth-order valence-corrected chi connectivity index (χ4v) is 2.39. The van der Waals surface area contributed by atoms with Crippen LogP contribution in [0.4, 0.5) is 0 Å². The van der Waals surface area contributed by atoms with Crippen molar-refractivity contribution in [2.24, 2.45) is 4.99 Å². The number of carbonyl (C=O) groups excluding carboxylic acids is 1. The van der Waals surface area contributed by atoms with E-state index in [-0.39, 0.29) is 18.5 Å². The molecular weight excluding hydrogens is 294 g/mol. The van der Waals surface area contributed by atoms with E-state index in [0.717, 1.165) is 0 Å². The summed E-state index contributed by atoms with van der Waals surface area (Å²) in [6.07, 6.45) is 1.65. The molecule has 2 heterocycles. The molecule has 0 aliphatic carbocycles. The normalized spacial score (nSPS) is 12.2. The molecule has 0 radical (unpaired) electrons. The molecule has 0 aliphatic rings. The Kier molecular flexibility index (Phi) is 3.97. The van der Waals surface area contributed by atoms with Crippen molar-refractivity contribution in [3.8, 4) is 0 Å². The van der Waals surface area contributed by atoms with Gasteiger partial charge in [-0.1, -0.05) is 18.2 Å². The highest BCUT2D eigenvalue weighted by molar-refractivity contribution is 5.81. The van der Waals surface area contributed by atoms with Crippen LogP contribution >= 0.6 is 0 Å². The molecule has 6 nitrogen and oxygen atoms in total. The molecule has 3 rings (SSSR count). The molecule has 3 aromatic rings. The molecule has 0 saturated carbocycles. The predicted molar refractivity (Wildman–Crippen MR) is 86.2 cm³/mol. The summed E-state index contributed by atoms with van der Waals surface area (Å²) in [5.74, 6) is -0.794. The topological polar surface area (TPSA) is 69.5 Å². The number of benzene rings is 1. The number of aromatic nitrogens is 2. The number of hydrogen-bond donors (Lipinski definition) is 0. The first-order valence-corrected chi connectivity index (χ1v) is 7.39. The summed E-state index contributed by atoms with van der Waals surface area (Å²) in [6.45, 7) is 3.77. The highest BCUT2D eigenvalue weighted by atomic mass is 16.4. The SMILES string of the molecule is CC(C)N=c1ccccn1C(=O)Cn1c(=O)oc2ccccc21. The number of fused-ring (bicyclic) bond motifs is 1. The lowest BCUT2D eigenvalue weighted by atomic mass is 10.3. The first kappa shape index (κ1) is 15.0. The molecule has 0 bridgehead atoms. The van der Waals surface area contributed by atoms with Crippen LogP contribution in [0.3, 0.4) is 0 Å². The van der Waals surface area contributed by atoms with Gasteiger partial charge in [0.1, 0.15) is 12.0 Å². The number of hydrogen-bond acceptors (Lipinski definition) is 4. The van der Waals surface area contributed by atoms with Gasteiger partial charge in [0, 0.05) is 12.2 Å². The Morgan fingerprint density at radius 3 is 2.70 bits per heavy atom. The van der Waals surface area contributed by atoms with Gasteiger partial charge in [-0.05, 0) is 38.1 Å². The van der Waals surface area contributed by atoms with E-state index in [2.05, 4.69) is 4.99 Å². The molecule has 1 aromatic carbocycles. The third kappa shape index (κ3) is 3.01. The molecule has 0 fully saturated rings. The van der Waals surface area contributed by atoms with Gasteiger partial charge in [0.25, 0.3) is 5.91 Å². The molecule has 0 amide bonds. The highest BCUT2D eigenvalue weighted by Crippen LogP contribution is 2.11. The Hall–Kier alpha value is -2.89. The average molecular weight is 311 g/mol. The van der Waals surface area contributed by atoms with Gasteiger partial charge in [-0.3, -0.25) is 18.9 Å². The lowest BCUT2D eigenvalue weighted by Gasteiger charge is -2.07. The van der Waals surface area contributed by atoms with Crippen molar-refractivity contribution in [3.63, 3.8) is 0 Å². The van der Waals surface area contributed by atoms with E-state index in [0.29, 0.717) is 16.6 Å². The van der Waals surface area contributed by atoms with Gasteiger partial charge in [0.15, 0.2) is 5.58 Å². The van der Waals surface area contributed by atoms with Crippen LogP contribution in [0.15, 0.2) is 62.9 Å². The second-order valence-corrected chi connectivity index (χ2v) is 5.47. The number of rotatable bonds is 3. The summed E-state index contributed by atoms with van der Waals surface area (Å²) in [5.41, 5.74) is 1.63. The third-order valence-electron chi connectivity index (χ3n) is 3.36. The Morgan fingerprint density at radius 2 is 1.91 bits per heavy atom. The maximum atomic E-state index is 12.6. The summed E-state index contributed by atoms with van der Waals surface area (Å²) in [7, 11) is 0. The quantitative estimate of drug-likeness (QED) is 0.743. The van der Waals surface area contributed by atoms with Crippen LogP contribution in [0.25, 0.3) is 11.1 Å². The van der Waals surface area contributed by atoms with Crippen LogP contribution in [-0.4, -0.2) is 21.1 Å². The van der Waals surface area contributed by atoms with E-state index in [9.17, 15) is 9.59 Å². The molecular formula is C17H17N3O3. The number of para-hydroxylation sites is 2. The van der Waals surface area contributed by atoms with Gasteiger partial charge < -0.3 is 4.42 Å². The summed E-state index contributed by atoms with van der Waals surface area (Å²) >= 11 is 0. The standard InChI is InChI=1S/C17H17N3O3/c1-12(2)18-15-9-5-6-10-19(15)16(21)11-20-13-7-3-4-8-14(13)23-17(20)22/h3-10,12H,11H2,1-2H3. The van der Waals surface area contributed by atoms with Crippen molar-refractivity contribution >= 4 is 17.0 Å². The molecule has 0 spiro atoms. The van der Waals surface area contributed by atoms with E-state index in [4.69, 9.17) is 4.42 Å². The van der Waals surface area contributed by atoms with Crippen molar-refractivity contribution < 1.29 is 9.21 Å². The van der Waals surface area contributed by atoms with Gasteiger partial charge >= 0.3 is 5.76 Å². The fourth-order valence-electron chi connectivity index (χ4n) is 2.39. The van der Waals surface area contributed by atoms with Gasteiger partial charge in [-0.25, -0.2) is 4.79 Å². The lowest BCUT2D eigenvalue weighted by Crippen LogP contribution is -2.32. The van der Waals surface area contributed by atoms with Crippen LogP contribution in [0, 0.1) is 0 Å². The lowest BCUT2D eigenvalue weighted by molar-refractivity contribution is 0.0884. The van der Waals surface area contributed by atoms with Gasteiger partial charge in [-0.2, -0.15) is 0 Å². The van der Waals surface area contributed by atoms with E-state index in [1.165, 1.54) is 9.13 Å². The third-order valence-corrected chi connectivity index (χ3v) is 3.36. The molecule has 23 heavy (non-hydrogen) atoms. The molecule has 6 heteroatoms. The Balaban J connectivity index is 2.03. The molecule has 0 aliphatic heterocycles. The minimum atomic E-state index is -0.543. The monoisotopic (exact) mass is 311 g/mol. The molecule has 2 aromatic heterocycles. The zero-order valence-corrected chi connectivity index (χ0v) is 13.0. The first-order chi connectivity index (χ1) is 11.1. The first-order valence-electron chi connectivity index (χ1n) is 7.39. The van der Waals surface area contributed by atoms with Crippen molar-refractivity contribution in [3.05, 3.63) is 64.7 Å². The van der Waals surface area contributed by atoms with Crippen molar-refractivity contribution in [2.45, 2.75) is 26.4 Å². The summed E-state index contributed by atoms with van der Waals surface area (Å²) < 4.78 is 7.94. The molecule has 0 unspecified atom stereocenters. The molecule has 0 saturated heterocycles. The highest BCUT2D eigenvalue weighted by Gasteiger charge is 2.13. The number of pyridine rings is 1. The Morgan fingerprint density at radius 1 is 1.17 bits per heavy atom. The predicted octanol–water partition coefficient (Wildman–Crippen LogP) is 2.05. The molecule has 0 atom stereocenters. The number of carbonyl (C=O) groups is 1. The maximum Gasteiger partial charge on any atom is 0.420 e. The van der Waals surface area contributed by atoms with Crippen LogP contribution in [0.1, 0.15) is 18.6 Å². The zero-order chi connectivity index (χ0) is 16.4. The smallest absolute Gasteiger partial charge is 0.408 e. The van der Waals surface area contributed by atoms with Crippen molar-refractivity contribution in [1.29, 1.82) is 0 Å². The van der Waals surface area contributed by atoms with Crippen LogP contribution < -0.4 is 11.2 Å². The van der Waals surface area contributed by atoms with E-state index >= 15 is 0 Å². The van der Waals surface area contributed by atoms with Crippen molar-refractivity contribution in [1.82, 2.24) is 9.13 Å². The van der Waals surface area contributed by atoms with Gasteiger partial charge in [0.05, 0.1) is 5.52 Å². The van der Waals surface area contributed by atoms with Gasteiger partial charge in [0.2, 0.25) is 0 Å². The van der Waals surface area contributed by atoms with Crippen LogP contribution in [-0.2, 0) is 6.54 Å². The second-order valence-electron chi connectivity index (χ2n) is 5.47. The minimum absolute atomic E-state index is 0.0638. The minimum Gasteiger partial charge on any atom is -0.408 e. The van der Waals surface area contributed by atoms with E-state index in [1.807, 2.05) is 19.9 Å². The van der Waals surface area contributed by atoms with Gasteiger partial charge in [-0.15, -0.1) is 0 Å². The Labute approximate surface area is 132 Å². The fraction of sp³-hybridized carbons (Fsp3) is 0.235. The molecule has 118 valence electrons. The summed E-state index contributed by atoms with van der Waals surface area (Å²) in [5, 5.41) is 0. The second kappa shape index (κ2) is 6.08. The summed E-state index contributed by atoms with van der Waals surface area (Å²) in [6, 6.07) is 12.5. The zero-order valence-electron chi connectivity index (χ0n) is 13.0. The van der Waals surface area contributed by atoms with Crippen LogP contribution in [0.2, 0.25) is 0 Å². The average Bonchev–Trinajstić information content (AvgIpc) is 2.83. The van der Waals surface area contributed by atoms with Crippen molar-refractivity contribution in [2.75, 3.05) is 0 Å². The maximum absolute atomic E-state index is 12.6. The molecule has 0 N–H and O–H groups in total. The van der Waals surface area contributed by atoms with E-state index < -0.39 is 5.76 Å². The summed E-state index contributed by atoms with van der Waals surface area (Å²) in [4.78, 5) is 29.0. The van der Waals surface area contributed by atoms with Crippen LogP contribution in [0.5, 0.6) is 0 Å². The largest absolute Gasteiger partial charge is 0.420 e.